The third kappa shape index (κ3) is 3.04. The number of carbonyl (C=O) groups excluding carboxylic acids is 3. The Hall–Kier alpha value is -0.0936. The monoisotopic (exact) mass is 484 g/mol. The summed E-state index contributed by atoms with van der Waals surface area (Å²) in [6.07, 6.45) is 4.92. The second-order valence-corrected chi connectivity index (χ2v) is 11.5. The Morgan fingerprint density at radius 3 is 2.61 bits per heavy atom. The summed E-state index contributed by atoms with van der Waals surface area (Å²) >= 11 is 0. The van der Waals surface area contributed by atoms with Crippen molar-refractivity contribution in [1.29, 1.82) is 0 Å². The van der Waals surface area contributed by atoms with Crippen LogP contribution >= 0.6 is 0 Å². The zero-order valence-electron chi connectivity index (χ0n) is 20.4. The van der Waals surface area contributed by atoms with Crippen molar-refractivity contribution in [3.8, 4) is 0 Å². The molecule has 5 aliphatic rings. The molecule has 4 fully saturated rings. The summed E-state index contributed by atoms with van der Waals surface area (Å²) in [5.41, 5.74) is -2.30. The van der Waals surface area contributed by atoms with Crippen LogP contribution in [0.15, 0.2) is 11.6 Å². The topological polar surface area (TPSA) is 116 Å². The van der Waals surface area contributed by atoms with Crippen molar-refractivity contribution in [2.75, 3.05) is 7.11 Å². The van der Waals surface area contributed by atoms with Crippen LogP contribution < -0.4 is 56.5 Å². The van der Waals surface area contributed by atoms with Crippen LogP contribution in [-0.4, -0.2) is 47.2 Å². The Morgan fingerprint density at radius 2 is 1.97 bits per heavy atom. The molecule has 4 aliphatic carbocycles. The molecular weight excluding hydrogens is 451 g/mol. The van der Waals surface area contributed by atoms with Crippen molar-refractivity contribution in [1.82, 2.24) is 0 Å². The standard InChI is InChI=1S/C25H34O7.K/c1-21-8-5-15(26)11-14(21)12-16(20(29)31-4)23(3)17-6-9-24(30,10-7-19(27)28)22(17,2)13-18-25(21,23)32-18;/h11,16-18,30H,5-10,12-13H2,1-4H3,(H,27,28);/q;+1/p-1/t16-,17+,18+,21-,22-,23-,24+,25-;/m0./s1. The number of hydrogen-bond donors (Lipinski definition) is 1. The van der Waals surface area contributed by atoms with Gasteiger partial charge < -0.3 is 24.5 Å². The second-order valence-electron chi connectivity index (χ2n) is 11.5. The number of esters is 1. The average molecular weight is 485 g/mol. The van der Waals surface area contributed by atoms with Crippen LogP contribution in [0.2, 0.25) is 0 Å². The molecule has 176 valence electrons. The molecule has 5 rings (SSSR count). The van der Waals surface area contributed by atoms with E-state index in [-0.39, 0.29) is 93.4 Å². The molecule has 0 aromatic carbocycles. The smallest absolute Gasteiger partial charge is 0.550 e. The van der Waals surface area contributed by atoms with E-state index in [1.807, 2.05) is 6.92 Å². The zero-order chi connectivity index (χ0) is 23.3. The second kappa shape index (κ2) is 7.95. The van der Waals surface area contributed by atoms with Crippen LogP contribution in [0.3, 0.4) is 0 Å². The van der Waals surface area contributed by atoms with E-state index in [1.54, 1.807) is 6.08 Å². The van der Waals surface area contributed by atoms with E-state index < -0.39 is 33.9 Å². The number of aliphatic carboxylic acids is 1. The number of carbonyl (C=O) groups is 3. The predicted octanol–water partition coefficient (Wildman–Crippen LogP) is -1.30. The molecule has 1 N–H and O–H groups in total. The normalized spacial score (nSPS) is 49.4. The van der Waals surface area contributed by atoms with Crippen molar-refractivity contribution in [2.45, 2.75) is 89.4 Å². The summed E-state index contributed by atoms with van der Waals surface area (Å²) in [4.78, 5) is 36.7. The maximum absolute atomic E-state index is 13.2. The number of epoxide rings is 1. The van der Waals surface area contributed by atoms with Gasteiger partial charge in [0.05, 0.1) is 24.7 Å². The molecule has 0 aromatic heterocycles. The van der Waals surface area contributed by atoms with Crippen LogP contribution in [-0.2, 0) is 23.9 Å². The van der Waals surface area contributed by atoms with Gasteiger partial charge in [0.1, 0.15) is 5.60 Å². The molecule has 0 bridgehead atoms. The van der Waals surface area contributed by atoms with E-state index in [1.165, 1.54) is 7.11 Å². The molecule has 0 unspecified atom stereocenters. The van der Waals surface area contributed by atoms with Gasteiger partial charge in [-0.3, -0.25) is 9.59 Å². The minimum Gasteiger partial charge on any atom is -0.550 e. The van der Waals surface area contributed by atoms with Gasteiger partial charge in [0, 0.05) is 28.6 Å². The molecule has 0 aromatic rings. The van der Waals surface area contributed by atoms with Crippen molar-refractivity contribution in [2.24, 2.45) is 28.1 Å². The van der Waals surface area contributed by atoms with Crippen LogP contribution in [0.5, 0.6) is 0 Å². The maximum Gasteiger partial charge on any atom is 1.00 e. The van der Waals surface area contributed by atoms with Gasteiger partial charge in [-0.05, 0) is 56.9 Å². The van der Waals surface area contributed by atoms with Gasteiger partial charge in [0.15, 0.2) is 5.78 Å². The molecule has 8 heteroatoms. The quantitative estimate of drug-likeness (QED) is 0.300. The maximum atomic E-state index is 13.2. The predicted molar refractivity (Wildman–Crippen MR) is 111 cm³/mol. The molecule has 8 atom stereocenters. The first-order chi connectivity index (χ1) is 14.9. The van der Waals surface area contributed by atoms with E-state index in [9.17, 15) is 24.6 Å². The number of aliphatic hydroxyl groups is 1. The summed E-state index contributed by atoms with van der Waals surface area (Å²) in [5.74, 6) is -1.91. The number of ketones is 1. The molecule has 3 saturated carbocycles. The Labute approximate surface area is 237 Å². The first kappa shape index (κ1) is 26.0. The summed E-state index contributed by atoms with van der Waals surface area (Å²) in [6, 6.07) is 0. The Kier molecular flexibility index (Phi) is 6.26. The molecule has 0 amide bonds. The number of methoxy groups -OCH3 is 1. The van der Waals surface area contributed by atoms with Crippen molar-refractivity contribution in [3.05, 3.63) is 11.6 Å². The third-order valence-corrected chi connectivity index (χ3v) is 10.6. The molecule has 0 radical (unpaired) electrons. The largest absolute Gasteiger partial charge is 1.00 e. The van der Waals surface area contributed by atoms with Gasteiger partial charge in [-0.1, -0.05) is 26.3 Å². The Bertz CT molecular complexity index is 947. The fourth-order valence-electron chi connectivity index (χ4n) is 8.97. The van der Waals surface area contributed by atoms with E-state index >= 15 is 0 Å². The average Bonchev–Trinajstić information content (AvgIpc) is 3.40. The van der Waals surface area contributed by atoms with Crippen LogP contribution in [0.1, 0.15) is 72.1 Å². The van der Waals surface area contributed by atoms with Gasteiger partial charge in [-0.15, -0.1) is 0 Å². The van der Waals surface area contributed by atoms with Crippen molar-refractivity contribution < 1.29 is 85.5 Å². The van der Waals surface area contributed by atoms with Gasteiger partial charge in [0.2, 0.25) is 0 Å². The summed E-state index contributed by atoms with van der Waals surface area (Å²) in [5, 5.41) is 22.9. The number of ether oxygens (including phenoxy) is 2. The molecule has 1 saturated heterocycles. The molecule has 7 nitrogen and oxygen atoms in total. The zero-order valence-corrected chi connectivity index (χ0v) is 23.5. The molecule has 1 spiro atoms. The SMILES string of the molecule is COC(=O)[C@@H]1CC2=CC(=O)CC[C@]2(C)[C@@]23O[C@@H]2C[C@@]2(C)[C@@H](CC[C@@]2(O)CCC(=O)[O-])[C@]13C.[K+]. The third-order valence-electron chi connectivity index (χ3n) is 10.6. The number of carboxylic acids is 1. The van der Waals surface area contributed by atoms with E-state index in [0.29, 0.717) is 38.5 Å². The van der Waals surface area contributed by atoms with E-state index in [2.05, 4.69) is 13.8 Å². The minimum absolute atomic E-state index is 0. The summed E-state index contributed by atoms with van der Waals surface area (Å²) in [7, 11) is 1.39. The van der Waals surface area contributed by atoms with Gasteiger partial charge >= 0.3 is 57.4 Å². The Balaban J connectivity index is 0.00000259. The van der Waals surface area contributed by atoms with Gasteiger partial charge in [0.25, 0.3) is 0 Å². The number of fused-ring (bicyclic) bond motifs is 3. The minimum atomic E-state index is -1.16. The van der Waals surface area contributed by atoms with Crippen LogP contribution in [0.4, 0.5) is 0 Å². The fourth-order valence-corrected chi connectivity index (χ4v) is 8.97. The molecule has 1 aliphatic heterocycles. The van der Waals surface area contributed by atoms with Crippen molar-refractivity contribution in [3.63, 3.8) is 0 Å². The molecule has 33 heavy (non-hydrogen) atoms. The summed E-state index contributed by atoms with van der Waals surface area (Å²) < 4.78 is 11.9. The van der Waals surface area contributed by atoms with Crippen LogP contribution in [0.25, 0.3) is 0 Å². The first-order valence-electron chi connectivity index (χ1n) is 11.8. The van der Waals surface area contributed by atoms with Crippen molar-refractivity contribution >= 4 is 17.7 Å². The van der Waals surface area contributed by atoms with E-state index in [0.717, 1.165) is 5.57 Å². The Morgan fingerprint density at radius 1 is 1.27 bits per heavy atom. The summed E-state index contributed by atoms with van der Waals surface area (Å²) in [6.45, 7) is 6.35. The van der Waals surface area contributed by atoms with Gasteiger partial charge in [-0.25, -0.2) is 0 Å². The van der Waals surface area contributed by atoms with Gasteiger partial charge in [-0.2, -0.15) is 0 Å². The number of carboxylic acid groups (broad SMARTS) is 1. The molecule has 1 heterocycles. The number of hydrogen-bond acceptors (Lipinski definition) is 7. The molecular formula is C25H33KO7. The van der Waals surface area contributed by atoms with Crippen LogP contribution in [0, 0.1) is 28.1 Å². The fraction of sp³-hybridized carbons (Fsp3) is 0.800. The number of rotatable bonds is 4. The van der Waals surface area contributed by atoms with E-state index in [4.69, 9.17) is 9.47 Å². The first-order valence-corrected chi connectivity index (χ1v) is 11.8.